The first kappa shape index (κ1) is 15.0. The number of benzene rings is 1. The van der Waals surface area contributed by atoms with Crippen molar-refractivity contribution in [1.29, 1.82) is 0 Å². The molecule has 2 nitrogen and oxygen atoms in total. The van der Waals surface area contributed by atoms with Crippen LogP contribution in [0.4, 0.5) is 0 Å². The van der Waals surface area contributed by atoms with E-state index in [1.807, 2.05) is 12.1 Å². The molecule has 2 heteroatoms. The zero-order chi connectivity index (χ0) is 14.5. The molecule has 0 spiro atoms. The summed E-state index contributed by atoms with van der Waals surface area (Å²) in [4.78, 5) is 0. The summed E-state index contributed by atoms with van der Waals surface area (Å²) < 4.78 is 5.21. The Morgan fingerprint density at radius 3 is 2.55 bits per heavy atom. The first-order valence-electron chi connectivity index (χ1n) is 7.71. The fourth-order valence-electron chi connectivity index (χ4n) is 3.47. The van der Waals surface area contributed by atoms with Gasteiger partial charge in [-0.1, -0.05) is 24.6 Å². The van der Waals surface area contributed by atoms with E-state index in [-0.39, 0.29) is 5.75 Å². The highest BCUT2D eigenvalue weighted by Gasteiger charge is 2.24. The molecule has 1 aromatic rings. The van der Waals surface area contributed by atoms with Crippen molar-refractivity contribution in [2.24, 2.45) is 5.92 Å². The summed E-state index contributed by atoms with van der Waals surface area (Å²) in [7, 11) is 1.61. The largest absolute Gasteiger partial charge is 0.504 e. The fraction of sp³-hybridized carbons (Fsp3) is 0.556. The quantitative estimate of drug-likeness (QED) is 0.780. The topological polar surface area (TPSA) is 29.5 Å². The van der Waals surface area contributed by atoms with E-state index < -0.39 is 0 Å². The number of phenols is 1. The van der Waals surface area contributed by atoms with Gasteiger partial charge in [-0.15, -0.1) is 0 Å². The standard InChI is InChI=1S/C18H26O2/c1-4-13(5-2)14-6-8-15(9-7-14)16-10-11-17(19)18(12-16)20-3/h4,10-12,14-15,19H,5-9H2,1-3H3/b13-4+. The predicted octanol–water partition coefficient (Wildman–Crippen LogP) is 5.03. The minimum atomic E-state index is 0.229. The highest BCUT2D eigenvalue weighted by Crippen LogP contribution is 2.41. The lowest BCUT2D eigenvalue weighted by atomic mass is 9.75. The molecule has 1 aliphatic rings. The minimum absolute atomic E-state index is 0.229. The number of ether oxygens (including phenoxy) is 1. The number of allylic oxidation sites excluding steroid dienone is 2. The van der Waals surface area contributed by atoms with Crippen molar-refractivity contribution >= 4 is 0 Å². The normalized spacial score (nSPS) is 23.6. The van der Waals surface area contributed by atoms with Gasteiger partial charge in [0.15, 0.2) is 11.5 Å². The molecule has 0 unspecified atom stereocenters. The van der Waals surface area contributed by atoms with E-state index in [1.165, 1.54) is 37.7 Å². The molecule has 1 fully saturated rings. The highest BCUT2D eigenvalue weighted by molar-refractivity contribution is 5.43. The molecule has 0 aliphatic heterocycles. The molecule has 0 heterocycles. The Balaban J connectivity index is 2.04. The van der Waals surface area contributed by atoms with Gasteiger partial charge >= 0.3 is 0 Å². The van der Waals surface area contributed by atoms with Gasteiger partial charge < -0.3 is 9.84 Å². The zero-order valence-corrected chi connectivity index (χ0v) is 12.9. The van der Waals surface area contributed by atoms with E-state index in [0.717, 1.165) is 5.92 Å². The van der Waals surface area contributed by atoms with Gasteiger partial charge in [0.2, 0.25) is 0 Å². The molecule has 0 bridgehead atoms. The Morgan fingerprint density at radius 1 is 1.30 bits per heavy atom. The third-order valence-corrected chi connectivity index (χ3v) is 4.71. The van der Waals surface area contributed by atoms with Crippen LogP contribution in [0, 0.1) is 5.92 Å². The molecule has 0 amide bonds. The SMILES string of the molecule is C/C=C(\CC)C1CCC(c2ccc(O)c(OC)c2)CC1. The summed E-state index contributed by atoms with van der Waals surface area (Å²) in [5, 5.41) is 9.68. The van der Waals surface area contributed by atoms with Crippen LogP contribution in [-0.4, -0.2) is 12.2 Å². The van der Waals surface area contributed by atoms with Crippen LogP contribution in [0.1, 0.15) is 57.4 Å². The van der Waals surface area contributed by atoms with Gasteiger partial charge in [-0.3, -0.25) is 0 Å². The molecule has 20 heavy (non-hydrogen) atoms. The van der Waals surface area contributed by atoms with Gasteiger partial charge in [0, 0.05) is 0 Å². The molecule has 110 valence electrons. The Morgan fingerprint density at radius 2 is 2.00 bits per heavy atom. The van der Waals surface area contributed by atoms with Gasteiger partial charge in [0.05, 0.1) is 7.11 Å². The molecule has 2 rings (SSSR count). The monoisotopic (exact) mass is 274 g/mol. The lowest BCUT2D eigenvalue weighted by Gasteiger charge is -2.30. The third kappa shape index (κ3) is 3.17. The lowest BCUT2D eigenvalue weighted by molar-refractivity contribution is 0.352. The molecule has 0 atom stereocenters. The predicted molar refractivity (Wildman–Crippen MR) is 83.4 cm³/mol. The van der Waals surface area contributed by atoms with Crippen molar-refractivity contribution in [3.63, 3.8) is 0 Å². The van der Waals surface area contributed by atoms with Gasteiger partial charge in [0.25, 0.3) is 0 Å². The fourth-order valence-corrected chi connectivity index (χ4v) is 3.47. The van der Waals surface area contributed by atoms with Crippen LogP contribution in [0.25, 0.3) is 0 Å². The van der Waals surface area contributed by atoms with Crippen LogP contribution in [0.15, 0.2) is 29.8 Å². The summed E-state index contributed by atoms with van der Waals surface area (Å²) in [5.41, 5.74) is 2.92. The number of hydrogen-bond acceptors (Lipinski definition) is 2. The average molecular weight is 274 g/mol. The Bertz CT molecular complexity index is 468. The summed E-state index contributed by atoms with van der Waals surface area (Å²) in [5.74, 6) is 2.20. The minimum Gasteiger partial charge on any atom is -0.504 e. The van der Waals surface area contributed by atoms with Crippen LogP contribution in [-0.2, 0) is 0 Å². The van der Waals surface area contributed by atoms with Gasteiger partial charge in [-0.2, -0.15) is 0 Å². The van der Waals surface area contributed by atoms with Crippen LogP contribution in [0.3, 0.4) is 0 Å². The summed E-state index contributed by atoms with van der Waals surface area (Å²) in [6.07, 6.45) is 8.50. The number of hydrogen-bond donors (Lipinski definition) is 1. The maximum Gasteiger partial charge on any atom is 0.160 e. The molecular formula is C18H26O2. The van der Waals surface area contributed by atoms with Crippen molar-refractivity contribution in [3.05, 3.63) is 35.4 Å². The van der Waals surface area contributed by atoms with E-state index in [9.17, 15) is 5.11 Å². The first-order valence-corrected chi connectivity index (χ1v) is 7.71. The number of aromatic hydroxyl groups is 1. The van der Waals surface area contributed by atoms with Crippen molar-refractivity contribution < 1.29 is 9.84 Å². The van der Waals surface area contributed by atoms with Crippen molar-refractivity contribution in [2.45, 2.75) is 51.9 Å². The highest BCUT2D eigenvalue weighted by atomic mass is 16.5. The number of phenolic OH excluding ortho intramolecular Hbond substituents is 1. The molecule has 0 aromatic heterocycles. The van der Waals surface area contributed by atoms with Gasteiger partial charge in [-0.25, -0.2) is 0 Å². The Hall–Kier alpha value is -1.44. The van der Waals surface area contributed by atoms with Crippen molar-refractivity contribution in [1.82, 2.24) is 0 Å². The van der Waals surface area contributed by atoms with E-state index in [0.29, 0.717) is 11.7 Å². The van der Waals surface area contributed by atoms with Crippen LogP contribution >= 0.6 is 0 Å². The smallest absolute Gasteiger partial charge is 0.160 e. The average Bonchev–Trinajstić information content (AvgIpc) is 2.50. The maximum atomic E-state index is 9.68. The molecule has 0 saturated heterocycles. The summed E-state index contributed by atoms with van der Waals surface area (Å²) >= 11 is 0. The van der Waals surface area contributed by atoms with E-state index in [2.05, 4.69) is 19.9 Å². The molecule has 1 aliphatic carbocycles. The molecule has 1 saturated carbocycles. The lowest BCUT2D eigenvalue weighted by Crippen LogP contribution is -2.15. The van der Waals surface area contributed by atoms with Gasteiger partial charge in [0.1, 0.15) is 0 Å². The summed E-state index contributed by atoms with van der Waals surface area (Å²) in [6.45, 7) is 4.42. The Labute approximate surface area is 122 Å². The van der Waals surface area contributed by atoms with E-state index in [4.69, 9.17) is 4.74 Å². The second kappa shape index (κ2) is 6.83. The molecule has 1 aromatic carbocycles. The Kier molecular flexibility index (Phi) is 5.11. The van der Waals surface area contributed by atoms with Crippen molar-refractivity contribution in [3.8, 4) is 11.5 Å². The zero-order valence-electron chi connectivity index (χ0n) is 12.9. The maximum absolute atomic E-state index is 9.68. The molecule has 0 radical (unpaired) electrons. The molecular weight excluding hydrogens is 248 g/mol. The van der Waals surface area contributed by atoms with Crippen LogP contribution < -0.4 is 4.74 Å². The van der Waals surface area contributed by atoms with E-state index >= 15 is 0 Å². The number of methoxy groups -OCH3 is 1. The van der Waals surface area contributed by atoms with Crippen LogP contribution in [0.2, 0.25) is 0 Å². The van der Waals surface area contributed by atoms with Gasteiger partial charge in [-0.05, 0) is 68.6 Å². The molecule has 1 N–H and O–H groups in total. The third-order valence-electron chi connectivity index (χ3n) is 4.71. The van der Waals surface area contributed by atoms with Crippen LogP contribution in [0.5, 0.6) is 11.5 Å². The van der Waals surface area contributed by atoms with E-state index in [1.54, 1.807) is 18.7 Å². The summed E-state index contributed by atoms with van der Waals surface area (Å²) in [6, 6.07) is 5.79. The second-order valence-electron chi connectivity index (χ2n) is 5.70. The number of rotatable bonds is 4. The first-order chi connectivity index (χ1) is 9.69. The second-order valence-corrected chi connectivity index (χ2v) is 5.70. The van der Waals surface area contributed by atoms with Crippen molar-refractivity contribution in [2.75, 3.05) is 7.11 Å².